The summed E-state index contributed by atoms with van der Waals surface area (Å²) in [6.45, 7) is 1.68. The first-order valence-corrected chi connectivity index (χ1v) is 11.0. The van der Waals surface area contributed by atoms with Crippen molar-refractivity contribution >= 4 is 21.8 Å². The Kier molecular flexibility index (Phi) is 5.21. The fourth-order valence-electron chi connectivity index (χ4n) is 4.67. The smallest absolute Gasteiger partial charge is 0.119 e. The van der Waals surface area contributed by atoms with E-state index in [0.29, 0.717) is 5.92 Å². The molecule has 3 nitrogen and oxygen atoms in total. The maximum Gasteiger partial charge on any atom is 0.119 e. The van der Waals surface area contributed by atoms with Crippen LogP contribution >= 0.6 is 0 Å². The molecule has 4 aromatic rings. The Morgan fingerprint density at radius 1 is 0.862 bits per heavy atom. The average Bonchev–Trinajstić information content (AvgIpc) is 3.16. The maximum absolute atomic E-state index is 6.08. The summed E-state index contributed by atoms with van der Waals surface area (Å²) in [7, 11) is 0. The monoisotopic (exact) mass is 384 g/mol. The Balaban J connectivity index is 1.29. The van der Waals surface area contributed by atoms with Crippen LogP contribution in [0.1, 0.15) is 50.3 Å². The third-order valence-corrected chi connectivity index (χ3v) is 6.17. The predicted molar refractivity (Wildman–Crippen MR) is 120 cm³/mol. The zero-order valence-electron chi connectivity index (χ0n) is 16.9. The number of hydrogen-bond donors (Lipinski definition) is 0. The van der Waals surface area contributed by atoms with E-state index >= 15 is 0 Å². The molecule has 0 amide bonds. The van der Waals surface area contributed by atoms with Crippen molar-refractivity contribution in [2.45, 2.75) is 51.0 Å². The van der Waals surface area contributed by atoms with Gasteiger partial charge in [0.1, 0.15) is 11.6 Å². The van der Waals surface area contributed by atoms with Crippen molar-refractivity contribution in [3.63, 3.8) is 0 Å². The Morgan fingerprint density at radius 3 is 2.55 bits per heavy atom. The molecule has 0 N–H and O–H groups in total. The van der Waals surface area contributed by atoms with Crippen molar-refractivity contribution in [3.8, 4) is 5.75 Å². The minimum Gasteiger partial charge on any atom is -0.494 e. The molecule has 1 heterocycles. The number of fused-ring (bicyclic) bond motifs is 2. The second-order valence-corrected chi connectivity index (χ2v) is 8.16. The van der Waals surface area contributed by atoms with Gasteiger partial charge in [-0.1, -0.05) is 61.7 Å². The number of nitrogens with zero attached hydrogens (tertiary/aromatic N) is 2. The Labute approximate surface area is 172 Å². The molecule has 0 bridgehead atoms. The highest BCUT2D eigenvalue weighted by molar-refractivity contribution is 5.83. The van der Waals surface area contributed by atoms with Crippen molar-refractivity contribution in [1.29, 1.82) is 0 Å². The third-order valence-electron chi connectivity index (χ3n) is 6.17. The van der Waals surface area contributed by atoms with Gasteiger partial charge in [-0.25, -0.2) is 4.98 Å². The summed E-state index contributed by atoms with van der Waals surface area (Å²) in [5, 5.41) is 2.48. The highest BCUT2D eigenvalue weighted by atomic mass is 16.5. The summed E-state index contributed by atoms with van der Waals surface area (Å²) in [5.74, 6) is 2.85. The van der Waals surface area contributed by atoms with E-state index in [1.54, 1.807) is 0 Å². The number of para-hydroxylation sites is 2. The quantitative estimate of drug-likeness (QED) is 0.346. The number of rotatable bonds is 6. The van der Waals surface area contributed by atoms with Crippen LogP contribution in [0.15, 0.2) is 66.7 Å². The van der Waals surface area contributed by atoms with E-state index < -0.39 is 0 Å². The van der Waals surface area contributed by atoms with E-state index in [1.165, 1.54) is 54.2 Å². The molecule has 0 saturated heterocycles. The van der Waals surface area contributed by atoms with E-state index in [0.717, 1.165) is 30.8 Å². The minimum atomic E-state index is 0.609. The molecule has 0 aliphatic heterocycles. The zero-order valence-corrected chi connectivity index (χ0v) is 16.9. The SMILES string of the molecule is c1ccc2cc(OCCCn3c(C4CCCCC4)nc4ccccc43)ccc2c1. The molecule has 3 aromatic carbocycles. The molecule has 1 saturated carbocycles. The molecule has 1 aliphatic rings. The largest absolute Gasteiger partial charge is 0.494 e. The Morgan fingerprint density at radius 2 is 1.66 bits per heavy atom. The molecule has 3 heteroatoms. The average molecular weight is 385 g/mol. The number of hydrogen-bond acceptors (Lipinski definition) is 2. The molecule has 0 unspecified atom stereocenters. The molecule has 1 aliphatic carbocycles. The fraction of sp³-hybridized carbons (Fsp3) is 0.346. The molecule has 0 spiro atoms. The lowest BCUT2D eigenvalue weighted by molar-refractivity contribution is 0.300. The Bertz CT molecular complexity index is 1110. The van der Waals surface area contributed by atoms with Gasteiger partial charge < -0.3 is 9.30 Å². The van der Waals surface area contributed by atoms with Crippen molar-refractivity contribution < 1.29 is 4.74 Å². The number of aryl methyl sites for hydroxylation is 1. The molecule has 29 heavy (non-hydrogen) atoms. The molecule has 0 atom stereocenters. The van der Waals surface area contributed by atoms with Gasteiger partial charge in [0.2, 0.25) is 0 Å². The summed E-state index contributed by atoms with van der Waals surface area (Å²) < 4.78 is 8.53. The van der Waals surface area contributed by atoms with Crippen LogP contribution in [0.2, 0.25) is 0 Å². The molecule has 0 radical (unpaired) electrons. The van der Waals surface area contributed by atoms with Gasteiger partial charge in [0.05, 0.1) is 17.6 Å². The van der Waals surface area contributed by atoms with E-state index in [1.807, 2.05) is 0 Å². The molecule has 5 rings (SSSR count). The summed E-state index contributed by atoms with van der Waals surface area (Å²) in [4.78, 5) is 5.03. The maximum atomic E-state index is 6.08. The summed E-state index contributed by atoms with van der Waals surface area (Å²) >= 11 is 0. The van der Waals surface area contributed by atoms with Crippen LogP contribution < -0.4 is 4.74 Å². The Hall–Kier alpha value is -2.81. The normalized spacial score (nSPS) is 15.2. The number of ether oxygens (including phenoxy) is 1. The summed E-state index contributed by atoms with van der Waals surface area (Å²) in [5.41, 5.74) is 2.39. The van der Waals surface area contributed by atoms with Crippen LogP contribution in [0.25, 0.3) is 21.8 Å². The van der Waals surface area contributed by atoms with Crippen LogP contribution in [-0.2, 0) is 6.54 Å². The van der Waals surface area contributed by atoms with Crippen LogP contribution in [-0.4, -0.2) is 16.2 Å². The van der Waals surface area contributed by atoms with Crippen molar-refractivity contribution in [2.75, 3.05) is 6.61 Å². The minimum absolute atomic E-state index is 0.609. The van der Waals surface area contributed by atoms with Gasteiger partial charge in [-0.05, 0) is 54.3 Å². The van der Waals surface area contributed by atoms with E-state index in [4.69, 9.17) is 9.72 Å². The lowest BCUT2D eigenvalue weighted by Gasteiger charge is -2.22. The molecule has 1 fully saturated rings. The van der Waals surface area contributed by atoms with Gasteiger partial charge in [0.25, 0.3) is 0 Å². The van der Waals surface area contributed by atoms with Gasteiger partial charge in [-0.15, -0.1) is 0 Å². The topological polar surface area (TPSA) is 27.1 Å². The van der Waals surface area contributed by atoms with Crippen molar-refractivity contribution in [3.05, 3.63) is 72.6 Å². The predicted octanol–water partition coefficient (Wildman–Crippen LogP) is 6.71. The highest BCUT2D eigenvalue weighted by Crippen LogP contribution is 2.34. The van der Waals surface area contributed by atoms with Crippen LogP contribution in [0.3, 0.4) is 0 Å². The van der Waals surface area contributed by atoms with Gasteiger partial charge >= 0.3 is 0 Å². The van der Waals surface area contributed by atoms with Gasteiger partial charge in [0.15, 0.2) is 0 Å². The van der Waals surface area contributed by atoms with Crippen LogP contribution in [0, 0.1) is 0 Å². The van der Waals surface area contributed by atoms with Crippen molar-refractivity contribution in [2.24, 2.45) is 0 Å². The van der Waals surface area contributed by atoms with E-state index in [2.05, 4.69) is 71.3 Å². The van der Waals surface area contributed by atoms with Crippen molar-refractivity contribution in [1.82, 2.24) is 9.55 Å². The van der Waals surface area contributed by atoms with Gasteiger partial charge in [-0.3, -0.25) is 0 Å². The van der Waals surface area contributed by atoms with Crippen LogP contribution in [0.5, 0.6) is 5.75 Å². The highest BCUT2D eigenvalue weighted by Gasteiger charge is 2.22. The zero-order chi connectivity index (χ0) is 19.5. The van der Waals surface area contributed by atoms with Gasteiger partial charge in [-0.2, -0.15) is 0 Å². The molecular weight excluding hydrogens is 356 g/mol. The van der Waals surface area contributed by atoms with Crippen LogP contribution in [0.4, 0.5) is 0 Å². The lowest BCUT2D eigenvalue weighted by Crippen LogP contribution is -2.13. The number of imidazole rings is 1. The van der Waals surface area contributed by atoms with Gasteiger partial charge in [0, 0.05) is 12.5 Å². The first-order chi connectivity index (χ1) is 14.4. The molecule has 148 valence electrons. The second-order valence-electron chi connectivity index (χ2n) is 8.16. The van der Waals surface area contributed by atoms with E-state index in [9.17, 15) is 0 Å². The fourth-order valence-corrected chi connectivity index (χ4v) is 4.67. The molecule has 1 aromatic heterocycles. The first-order valence-electron chi connectivity index (χ1n) is 11.0. The van der Waals surface area contributed by atoms with E-state index in [-0.39, 0.29) is 0 Å². The number of benzene rings is 3. The first kappa shape index (κ1) is 18.2. The summed E-state index contributed by atoms with van der Waals surface area (Å²) in [6, 6.07) is 23.3. The third kappa shape index (κ3) is 3.87. The summed E-state index contributed by atoms with van der Waals surface area (Å²) in [6.07, 6.45) is 7.56. The lowest BCUT2D eigenvalue weighted by atomic mass is 9.88. The number of aromatic nitrogens is 2. The second kappa shape index (κ2) is 8.28. The standard InChI is InChI=1S/C26H28N2O/c1-2-10-21(11-3-1)26-27-24-13-6-7-14-25(24)28(26)17-8-18-29-23-16-15-20-9-4-5-12-22(20)19-23/h4-7,9,12-16,19,21H,1-3,8,10-11,17-18H2. The molecular formula is C26H28N2O.